The van der Waals surface area contributed by atoms with Crippen LogP contribution in [-0.2, 0) is 22.9 Å². The quantitative estimate of drug-likeness (QED) is 0.868. The minimum Gasteiger partial charge on any atom is -0.334 e. The van der Waals surface area contributed by atoms with Crippen molar-refractivity contribution in [2.45, 2.75) is 63.8 Å². The zero-order valence-corrected chi connectivity index (χ0v) is 16.6. The van der Waals surface area contributed by atoms with Crippen LogP contribution in [0.2, 0.25) is 0 Å². The Morgan fingerprint density at radius 2 is 1.96 bits per heavy atom. The molecule has 1 aliphatic carbocycles. The van der Waals surface area contributed by atoms with Crippen LogP contribution in [0.3, 0.4) is 0 Å². The maximum absolute atomic E-state index is 13.1. The van der Waals surface area contributed by atoms with Crippen LogP contribution in [0.4, 0.5) is 0 Å². The van der Waals surface area contributed by atoms with Crippen molar-refractivity contribution in [2.75, 3.05) is 19.3 Å². The van der Waals surface area contributed by atoms with Gasteiger partial charge in [0.05, 0.1) is 11.1 Å². The van der Waals surface area contributed by atoms with Gasteiger partial charge in [-0.2, -0.15) is 0 Å². The van der Waals surface area contributed by atoms with E-state index in [4.69, 9.17) is 0 Å². The highest BCUT2D eigenvalue weighted by Gasteiger charge is 2.29. The first kappa shape index (κ1) is 18.9. The second-order valence-electron chi connectivity index (χ2n) is 7.24. The Kier molecular flexibility index (Phi) is 6.17. The summed E-state index contributed by atoms with van der Waals surface area (Å²) < 4.78 is 25.4. The van der Waals surface area contributed by atoms with Crippen LogP contribution in [0.15, 0.2) is 6.07 Å². The molecule has 1 unspecified atom stereocenters. The first-order valence-electron chi connectivity index (χ1n) is 9.31. The Morgan fingerprint density at radius 1 is 1.20 bits per heavy atom. The minimum absolute atomic E-state index is 0.0411. The third-order valence-electron chi connectivity index (χ3n) is 5.18. The number of nitrogens with one attached hydrogen (secondary N) is 1. The zero-order valence-electron chi connectivity index (χ0n) is 14.9. The van der Waals surface area contributed by atoms with Crippen LogP contribution in [0.1, 0.15) is 65.1 Å². The number of hydrogen-bond donors (Lipinski definition) is 1. The third-order valence-corrected chi connectivity index (χ3v) is 7.09. The van der Waals surface area contributed by atoms with E-state index in [1.165, 1.54) is 42.4 Å². The second-order valence-corrected chi connectivity index (χ2v) is 10.2. The number of carbonyl (C=O) groups is 1. The van der Waals surface area contributed by atoms with Crippen LogP contribution in [0.25, 0.3) is 0 Å². The normalized spacial score (nSPS) is 22.1. The first-order valence-corrected chi connectivity index (χ1v) is 12.0. The Hall–Kier alpha value is -0.920. The van der Waals surface area contributed by atoms with E-state index in [-0.39, 0.29) is 11.9 Å². The van der Waals surface area contributed by atoms with Crippen molar-refractivity contribution in [3.05, 3.63) is 21.4 Å². The fraction of sp³-hybridized carbons (Fsp3) is 0.722. The van der Waals surface area contributed by atoms with Crippen molar-refractivity contribution in [3.63, 3.8) is 0 Å². The van der Waals surface area contributed by atoms with E-state index >= 15 is 0 Å². The first-order chi connectivity index (χ1) is 11.9. The number of piperidine rings is 1. The SMILES string of the molecule is CS(=O)(=O)NCC1CCCCN1C(=O)c1cc2c(s1)CCCCCC2. The molecule has 25 heavy (non-hydrogen) atoms. The molecule has 3 rings (SSSR count). The van der Waals surface area contributed by atoms with E-state index in [1.54, 1.807) is 11.3 Å². The summed E-state index contributed by atoms with van der Waals surface area (Å²) in [6.07, 6.45) is 11.2. The fourth-order valence-corrected chi connectivity index (χ4v) is 5.52. The van der Waals surface area contributed by atoms with E-state index in [0.717, 1.165) is 43.5 Å². The van der Waals surface area contributed by atoms with E-state index in [9.17, 15) is 13.2 Å². The molecule has 1 amide bonds. The molecule has 1 saturated heterocycles. The summed E-state index contributed by atoms with van der Waals surface area (Å²) in [4.78, 5) is 17.2. The van der Waals surface area contributed by atoms with Crippen LogP contribution < -0.4 is 4.72 Å². The van der Waals surface area contributed by atoms with Crippen molar-refractivity contribution in [1.29, 1.82) is 0 Å². The number of hydrogen-bond acceptors (Lipinski definition) is 4. The highest BCUT2D eigenvalue weighted by atomic mass is 32.2. The molecule has 2 aliphatic rings. The molecule has 140 valence electrons. The minimum atomic E-state index is -3.23. The predicted molar refractivity (Wildman–Crippen MR) is 102 cm³/mol. The number of nitrogens with zero attached hydrogens (tertiary/aromatic N) is 1. The third kappa shape index (κ3) is 5.05. The summed E-state index contributed by atoms with van der Waals surface area (Å²) >= 11 is 1.66. The summed E-state index contributed by atoms with van der Waals surface area (Å²) in [5.74, 6) is 0.0803. The number of thiophene rings is 1. The fourth-order valence-electron chi connectivity index (χ4n) is 3.82. The lowest BCUT2D eigenvalue weighted by Gasteiger charge is -2.35. The van der Waals surface area contributed by atoms with Crippen LogP contribution in [-0.4, -0.2) is 44.6 Å². The van der Waals surface area contributed by atoms with E-state index < -0.39 is 10.0 Å². The number of rotatable bonds is 4. The van der Waals surface area contributed by atoms with E-state index in [0.29, 0.717) is 6.54 Å². The number of amides is 1. The van der Waals surface area contributed by atoms with E-state index in [1.807, 2.05) is 4.90 Å². The molecular formula is C18H28N2O3S2. The topological polar surface area (TPSA) is 66.5 Å². The Labute approximate surface area is 154 Å². The van der Waals surface area contributed by atoms with Gasteiger partial charge in [-0.1, -0.05) is 12.8 Å². The van der Waals surface area contributed by atoms with Gasteiger partial charge in [0.2, 0.25) is 10.0 Å². The lowest BCUT2D eigenvalue weighted by atomic mass is 9.99. The average Bonchev–Trinajstić information content (AvgIpc) is 2.94. The number of aryl methyl sites for hydroxylation is 2. The molecule has 1 N–H and O–H groups in total. The molecule has 1 aliphatic heterocycles. The number of carbonyl (C=O) groups excluding carboxylic acids is 1. The molecule has 0 aromatic carbocycles. The summed E-state index contributed by atoms with van der Waals surface area (Å²) in [6.45, 7) is 1.03. The van der Waals surface area contributed by atoms with Crippen molar-refractivity contribution >= 4 is 27.3 Å². The van der Waals surface area contributed by atoms with Crippen molar-refractivity contribution in [2.24, 2.45) is 0 Å². The Bertz CT molecular complexity index is 686. The van der Waals surface area contributed by atoms with Crippen LogP contribution >= 0.6 is 11.3 Å². The lowest BCUT2D eigenvalue weighted by molar-refractivity contribution is 0.0624. The Morgan fingerprint density at radius 3 is 2.72 bits per heavy atom. The smallest absolute Gasteiger partial charge is 0.264 e. The molecule has 1 atom stereocenters. The van der Waals surface area contributed by atoms with Gasteiger partial charge in [0.25, 0.3) is 5.91 Å². The predicted octanol–water partition coefficient (Wildman–Crippen LogP) is 2.95. The molecule has 1 fully saturated rings. The van der Waals surface area contributed by atoms with Crippen LogP contribution in [0, 0.1) is 0 Å². The largest absolute Gasteiger partial charge is 0.334 e. The van der Waals surface area contributed by atoms with Gasteiger partial charge in [0, 0.05) is 24.0 Å². The Balaban J connectivity index is 1.74. The van der Waals surface area contributed by atoms with Gasteiger partial charge in [-0.25, -0.2) is 13.1 Å². The summed E-state index contributed by atoms with van der Waals surface area (Å²) in [7, 11) is -3.23. The lowest BCUT2D eigenvalue weighted by Crippen LogP contribution is -2.49. The number of fused-ring (bicyclic) bond motifs is 1. The van der Waals surface area contributed by atoms with Gasteiger partial charge >= 0.3 is 0 Å². The molecule has 1 aromatic rings. The highest BCUT2D eigenvalue weighted by molar-refractivity contribution is 7.88. The molecule has 2 heterocycles. The van der Waals surface area contributed by atoms with Gasteiger partial charge < -0.3 is 4.90 Å². The molecule has 1 aromatic heterocycles. The maximum atomic E-state index is 13.1. The molecule has 7 heteroatoms. The molecule has 5 nitrogen and oxygen atoms in total. The second kappa shape index (κ2) is 8.18. The molecule has 0 saturated carbocycles. The number of likely N-dealkylation sites (tertiary alicyclic amines) is 1. The monoisotopic (exact) mass is 384 g/mol. The standard InChI is InChI=1S/C18H28N2O3S2/c1-25(22,23)19-13-15-9-6-7-11-20(15)18(21)17-12-14-8-4-2-3-5-10-16(14)24-17/h12,15,19H,2-11,13H2,1H3. The van der Waals surface area contributed by atoms with Gasteiger partial charge in [0.1, 0.15) is 0 Å². The van der Waals surface area contributed by atoms with Crippen molar-refractivity contribution in [3.8, 4) is 0 Å². The van der Waals surface area contributed by atoms with Gasteiger partial charge in [-0.05, 0) is 56.6 Å². The van der Waals surface area contributed by atoms with Crippen molar-refractivity contribution < 1.29 is 13.2 Å². The average molecular weight is 385 g/mol. The summed E-state index contributed by atoms with van der Waals surface area (Å²) in [5, 5.41) is 0. The summed E-state index contributed by atoms with van der Waals surface area (Å²) in [6, 6.07) is 2.06. The zero-order chi connectivity index (χ0) is 17.9. The molecule has 0 radical (unpaired) electrons. The summed E-state index contributed by atoms with van der Waals surface area (Å²) in [5.41, 5.74) is 1.36. The van der Waals surface area contributed by atoms with Gasteiger partial charge in [-0.15, -0.1) is 11.3 Å². The molecular weight excluding hydrogens is 356 g/mol. The molecule has 0 spiro atoms. The highest BCUT2D eigenvalue weighted by Crippen LogP contribution is 2.30. The molecule has 0 bridgehead atoms. The number of sulfonamides is 1. The van der Waals surface area contributed by atoms with Crippen LogP contribution in [0.5, 0.6) is 0 Å². The maximum Gasteiger partial charge on any atom is 0.264 e. The van der Waals surface area contributed by atoms with Crippen molar-refractivity contribution in [1.82, 2.24) is 9.62 Å². The van der Waals surface area contributed by atoms with E-state index in [2.05, 4.69) is 10.8 Å². The van der Waals surface area contributed by atoms with Gasteiger partial charge in [0.15, 0.2) is 0 Å². The van der Waals surface area contributed by atoms with Gasteiger partial charge in [-0.3, -0.25) is 4.79 Å².